The number of para-hydroxylation sites is 2. The van der Waals surface area contributed by atoms with E-state index in [-0.39, 0.29) is 85.3 Å². The molecule has 0 radical (unpaired) electrons. The van der Waals surface area contributed by atoms with Gasteiger partial charge in [-0.2, -0.15) is 9.84 Å². The van der Waals surface area contributed by atoms with Crippen molar-refractivity contribution in [2.45, 2.75) is 150 Å². The first-order valence-electron chi connectivity index (χ1n) is 33.5. The molecule has 97 heavy (non-hydrogen) atoms. The highest BCUT2D eigenvalue weighted by Gasteiger charge is 2.47. The monoisotopic (exact) mass is 1370 g/mol. The molecule has 0 unspecified atom stereocenters. The number of fused-ring (bicyclic) bond motifs is 4. The third-order valence-electron chi connectivity index (χ3n) is 19.6. The van der Waals surface area contributed by atoms with Crippen LogP contribution in [0.25, 0.3) is 0 Å². The Hall–Kier alpha value is -8.08. The van der Waals surface area contributed by atoms with Gasteiger partial charge in [0.2, 0.25) is 5.69 Å². The van der Waals surface area contributed by atoms with Crippen molar-refractivity contribution in [3.63, 3.8) is 0 Å². The molecule has 14 nitrogen and oxygen atoms in total. The average Bonchev–Trinajstić information content (AvgIpc) is 1.62. The van der Waals surface area contributed by atoms with Gasteiger partial charge in [-0.05, 0) is 140 Å². The second-order valence-electron chi connectivity index (χ2n) is 28.9. The number of rotatable bonds is 25. The van der Waals surface area contributed by atoms with Crippen LogP contribution >= 0.6 is 48.0 Å². The summed E-state index contributed by atoms with van der Waals surface area (Å²) in [6.45, 7) is 29.3. The molecule has 10 rings (SSSR count). The van der Waals surface area contributed by atoms with Crippen LogP contribution in [0.2, 0.25) is 0 Å². The molecule has 0 spiro atoms. The number of thiocarbonyl (C=S) groups is 2. The number of anilines is 3. The van der Waals surface area contributed by atoms with Crippen LogP contribution < -0.4 is 14.7 Å². The summed E-state index contributed by atoms with van der Waals surface area (Å²) in [6.07, 6.45) is 17.2. The molecular formula is C79H88N7O7S4+. The SMILES string of the molecule is CC(=O)CCN1/C(=C/C=C(C#N)/C=C/C2=[N+](CCC(=O)O)c3ccc(CC(=O)CN4C(=O)/C(=C\C=C5/N(CCC(C)C)c6ccccc6C5(C)C)SC4=S)cc3C2(C)C)C(C)(C)c2cc(CC(=O)CN3C(=O)/C(=C\C=C4/N(CCC(C)C)c5ccccc5C4(C)C)SC3=S)ccc21. The van der Waals surface area contributed by atoms with Crippen molar-refractivity contribution in [1.82, 2.24) is 9.80 Å². The van der Waals surface area contributed by atoms with Crippen molar-refractivity contribution in [1.29, 1.82) is 5.26 Å². The van der Waals surface area contributed by atoms with Crippen molar-refractivity contribution in [3.8, 4) is 6.07 Å². The third-order valence-corrected chi connectivity index (χ3v) is 22.4. The van der Waals surface area contributed by atoms with E-state index >= 15 is 0 Å². The van der Waals surface area contributed by atoms with Crippen LogP contribution in [0.4, 0.5) is 22.7 Å². The van der Waals surface area contributed by atoms with E-state index in [4.69, 9.17) is 24.4 Å². The van der Waals surface area contributed by atoms with Gasteiger partial charge >= 0.3 is 5.97 Å². The number of hydrogen-bond acceptors (Lipinski definition) is 14. The predicted octanol–water partition coefficient (Wildman–Crippen LogP) is 15.4. The van der Waals surface area contributed by atoms with Gasteiger partial charge in [0.1, 0.15) is 20.8 Å². The fraction of sp³-hybridized carbons (Fsp3) is 0.392. The number of aliphatic carboxylic acids is 1. The average molecular weight is 1380 g/mol. The zero-order valence-electron chi connectivity index (χ0n) is 58.0. The molecular weight excluding hydrogens is 1290 g/mol. The summed E-state index contributed by atoms with van der Waals surface area (Å²) in [7, 11) is 0. The molecule has 6 heterocycles. The molecule has 18 heteroatoms. The molecule has 6 aliphatic rings. The van der Waals surface area contributed by atoms with Crippen molar-refractivity contribution in [2.75, 3.05) is 54.0 Å². The number of carboxylic acids is 1. The Labute approximate surface area is 591 Å². The number of amides is 2. The number of carbonyl (C=O) groups is 6. The minimum Gasteiger partial charge on any atom is -0.481 e. The second kappa shape index (κ2) is 28.8. The van der Waals surface area contributed by atoms with E-state index < -0.39 is 16.8 Å². The first-order chi connectivity index (χ1) is 45.8. The van der Waals surface area contributed by atoms with E-state index in [0.29, 0.717) is 42.4 Å². The van der Waals surface area contributed by atoms with Crippen LogP contribution in [0.5, 0.6) is 0 Å². The summed E-state index contributed by atoms with van der Waals surface area (Å²) >= 11 is 13.9. The Morgan fingerprint density at radius 2 is 1.03 bits per heavy atom. The molecule has 4 aromatic carbocycles. The van der Waals surface area contributed by atoms with Crippen LogP contribution in [0, 0.1) is 23.2 Å². The van der Waals surface area contributed by atoms with Crippen LogP contribution in [0.3, 0.4) is 0 Å². The number of allylic oxidation sites excluding steroid dienone is 12. The van der Waals surface area contributed by atoms with Crippen molar-refractivity contribution < 1.29 is 38.4 Å². The minimum atomic E-state index is -0.967. The molecule has 6 aliphatic heterocycles. The van der Waals surface area contributed by atoms with Gasteiger partial charge in [0, 0.05) is 107 Å². The number of Topliss-reactive ketones (excluding diaryl/α,β-unsaturated/α-hetero) is 3. The lowest BCUT2D eigenvalue weighted by Crippen LogP contribution is -2.34. The summed E-state index contributed by atoms with van der Waals surface area (Å²) < 4.78 is 2.62. The van der Waals surface area contributed by atoms with Gasteiger partial charge in [-0.1, -0.05) is 172 Å². The number of nitriles is 1. The fourth-order valence-corrected chi connectivity index (χ4v) is 16.6. The zero-order valence-corrected chi connectivity index (χ0v) is 61.3. The first-order valence-corrected chi connectivity index (χ1v) is 35.9. The Morgan fingerprint density at radius 3 is 1.52 bits per heavy atom. The summed E-state index contributed by atoms with van der Waals surface area (Å²) in [4.78, 5) is 91.2. The summed E-state index contributed by atoms with van der Waals surface area (Å²) in [5.74, 6) is -0.896. The highest BCUT2D eigenvalue weighted by molar-refractivity contribution is 8.27. The number of hydrogen-bond donors (Lipinski definition) is 1. The Kier molecular flexibility index (Phi) is 21.3. The number of carbonyl (C=O) groups excluding carboxylic acids is 5. The standard InChI is InChI=1S/C79H87N7O7S4/c1-49(2)34-38-81-61-20-16-14-18-57(61)76(6,7)69(81)32-28-65-72(92)85(74(94)96-65)47-55(88)42-53-22-26-63-59(44-53)78(10,11)67(83(63)40-36-51(5)87)30-24-52(46-80)25-31-68-79(12,13)60-45-54(23-27-64(60)84(68)41-37-71(90)91)43-56(89)48-86-73(93)66(97-75(86)95)29-33-70-77(8,9)58-19-15-17-21-62(58)82(70)39-35-50(3)4/h14-33,44-45,49-50H,34-43,47-48H2,1-13H3/p+1/b65-28+,66-29+,69-32-,70-33-. The van der Waals surface area contributed by atoms with E-state index in [9.17, 15) is 39.1 Å². The van der Waals surface area contributed by atoms with Gasteiger partial charge in [-0.25, -0.2) is 0 Å². The number of carboxylic acid groups (broad SMARTS) is 1. The molecule has 0 atom stereocenters. The normalized spacial score (nSPS) is 20.4. The molecule has 504 valence electrons. The van der Waals surface area contributed by atoms with Crippen LogP contribution in [0.15, 0.2) is 166 Å². The largest absolute Gasteiger partial charge is 0.481 e. The Morgan fingerprint density at radius 1 is 0.577 bits per heavy atom. The third kappa shape index (κ3) is 14.7. The van der Waals surface area contributed by atoms with Gasteiger partial charge in [0.05, 0.1) is 40.0 Å². The summed E-state index contributed by atoms with van der Waals surface area (Å²) in [5, 5.41) is 20.7. The molecule has 0 saturated carbocycles. The first kappa shape index (κ1) is 71.7. The highest BCUT2D eigenvalue weighted by atomic mass is 32.2. The Balaban J connectivity index is 0.829. The Bertz CT molecular complexity index is 4280. The molecule has 2 amide bonds. The molecule has 0 aliphatic carbocycles. The van der Waals surface area contributed by atoms with Crippen LogP contribution in [-0.2, 0) is 63.3 Å². The highest BCUT2D eigenvalue weighted by Crippen LogP contribution is 2.51. The lowest BCUT2D eigenvalue weighted by Gasteiger charge is -2.27. The molecule has 0 aromatic heterocycles. The van der Waals surface area contributed by atoms with Gasteiger partial charge in [-0.3, -0.25) is 38.6 Å². The topological polar surface area (TPSA) is 166 Å². The van der Waals surface area contributed by atoms with Crippen LogP contribution in [-0.4, -0.2) is 108 Å². The minimum absolute atomic E-state index is 0.0176. The van der Waals surface area contributed by atoms with Gasteiger partial charge in [0.15, 0.2) is 23.8 Å². The molecule has 1 N–H and O–H groups in total. The molecule has 4 aromatic rings. The van der Waals surface area contributed by atoms with Crippen LogP contribution in [0.1, 0.15) is 149 Å². The van der Waals surface area contributed by atoms with E-state index in [1.54, 1.807) is 19.1 Å². The molecule has 0 bridgehead atoms. The number of benzene rings is 4. The van der Waals surface area contributed by atoms with Gasteiger partial charge in [-0.15, -0.1) is 0 Å². The van der Waals surface area contributed by atoms with E-state index in [1.165, 1.54) is 55.8 Å². The quantitative estimate of drug-likeness (QED) is 0.0219. The van der Waals surface area contributed by atoms with Crippen molar-refractivity contribution in [2.24, 2.45) is 11.8 Å². The maximum Gasteiger partial charge on any atom is 0.309 e. The lowest BCUT2D eigenvalue weighted by atomic mass is 9.80. The summed E-state index contributed by atoms with van der Waals surface area (Å²) in [5.41, 5.74) is 12.0. The predicted molar refractivity (Wildman–Crippen MR) is 401 cm³/mol. The van der Waals surface area contributed by atoms with Crippen molar-refractivity contribution >= 4 is 120 Å². The number of ketones is 3. The van der Waals surface area contributed by atoms with Gasteiger partial charge < -0.3 is 19.8 Å². The van der Waals surface area contributed by atoms with Crippen molar-refractivity contribution in [3.05, 3.63) is 199 Å². The zero-order chi connectivity index (χ0) is 70.2. The van der Waals surface area contributed by atoms with E-state index in [0.717, 1.165) is 82.4 Å². The number of thioether (sulfide) groups is 2. The summed E-state index contributed by atoms with van der Waals surface area (Å²) in [6, 6.07) is 30.9. The fourth-order valence-electron chi connectivity index (χ4n) is 14.2. The molecule has 2 saturated heterocycles. The number of nitrogens with zero attached hydrogens (tertiary/aromatic N) is 7. The molecule has 2 fully saturated rings. The lowest BCUT2D eigenvalue weighted by molar-refractivity contribution is -0.436. The second-order valence-corrected chi connectivity index (χ2v) is 32.3. The maximum atomic E-state index is 14.0. The van der Waals surface area contributed by atoms with E-state index in [2.05, 4.69) is 139 Å². The smallest absolute Gasteiger partial charge is 0.309 e. The maximum absolute atomic E-state index is 14.0. The van der Waals surface area contributed by atoms with Gasteiger partial charge in [0.25, 0.3) is 11.8 Å². The van der Waals surface area contributed by atoms with E-state index in [1.807, 2.05) is 91.3 Å².